The molecule has 3 aliphatic rings. The van der Waals surface area contributed by atoms with Crippen molar-refractivity contribution in [2.75, 3.05) is 4.90 Å². The molecular weight excluding hydrogens is 360 g/mol. The third kappa shape index (κ3) is 2.97. The van der Waals surface area contributed by atoms with Crippen LogP contribution in [0.1, 0.15) is 73.2 Å². The summed E-state index contributed by atoms with van der Waals surface area (Å²) in [5, 5.41) is 3.35. The smallest absolute Gasteiger partial charge is 0.259 e. The minimum atomic E-state index is -0.477. The van der Waals surface area contributed by atoms with Crippen molar-refractivity contribution in [2.45, 2.75) is 68.9 Å². The van der Waals surface area contributed by atoms with Gasteiger partial charge in [-0.1, -0.05) is 62.1 Å². The number of rotatable bonds is 3. The summed E-state index contributed by atoms with van der Waals surface area (Å²) in [7, 11) is 0. The van der Waals surface area contributed by atoms with Gasteiger partial charge in [-0.05, 0) is 49.4 Å². The predicted octanol–water partition coefficient (Wildman–Crippen LogP) is 4.80. The number of benzene rings is 2. The fourth-order valence-corrected chi connectivity index (χ4v) is 5.88. The zero-order chi connectivity index (χ0) is 19.8. The molecule has 4 nitrogen and oxygen atoms in total. The van der Waals surface area contributed by atoms with Gasteiger partial charge in [-0.3, -0.25) is 9.59 Å². The zero-order valence-electron chi connectivity index (χ0n) is 16.8. The third-order valence-corrected chi connectivity index (χ3v) is 7.14. The number of nitrogens with zero attached hydrogens (tertiary/aromatic N) is 1. The van der Waals surface area contributed by atoms with E-state index in [-0.39, 0.29) is 23.8 Å². The van der Waals surface area contributed by atoms with Crippen molar-refractivity contribution in [2.24, 2.45) is 0 Å². The number of carbonyl (C=O) groups excluding carboxylic acids is 2. The van der Waals surface area contributed by atoms with Crippen molar-refractivity contribution in [1.29, 1.82) is 0 Å². The third-order valence-electron chi connectivity index (χ3n) is 7.14. The fraction of sp³-hybridized carbons (Fsp3) is 0.440. The van der Waals surface area contributed by atoms with Crippen molar-refractivity contribution in [3.05, 3.63) is 65.7 Å². The van der Waals surface area contributed by atoms with Gasteiger partial charge in [-0.15, -0.1) is 0 Å². The molecule has 2 saturated carbocycles. The lowest BCUT2D eigenvalue weighted by molar-refractivity contribution is -0.124. The molecule has 0 saturated heterocycles. The molecule has 5 rings (SSSR count). The minimum absolute atomic E-state index is 0.0265. The average Bonchev–Trinajstić information content (AvgIpc) is 3.42. The number of amides is 2. The van der Waals surface area contributed by atoms with Crippen molar-refractivity contribution in [1.82, 2.24) is 5.32 Å². The largest absolute Gasteiger partial charge is 0.353 e. The lowest BCUT2D eigenvalue weighted by Crippen LogP contribution is -2.61. The first-order valence-electron chi connectivity index (χ1n) is 11.0. The summed E-state index contributed by atoms with van der Waals surface area (Å²) in [5.74, 6) is -0.196. The van der Waals surface area contributed by atoms with Gasteiger partial charge in [0, 0.05) is 17.3 Å². The second-order valence-corrected chi connectivity index (χ2v) is 8.80. The van der Waals surface area contributed by atoms with Crippen molar-refractivity contribution in [3.8, 4) is 0 Å². The van der Waals surface area contributed by atoms with E-state index in [9.17, 15) is 9.59 Å². The normalized spacial score (nSPS) is 23.4. The van der Waals surface area contributed by atoms with Crippen LogP contribution in [0, 0.1) is 0 Å². The first-order chi connectivity index (χ1) is 14.2. The number of hydrogen-bond donors (Lipinski definition) is 1. The molecule has 4 heteroatoms. The number of anilines is 1. The molecule has 1 spiro atoms. The van der Waals surface area contributed by atoms with Gasteiger partial charge in [0.2, 0.25) is 5.91 Å². The minimum Gasteiger partial charge on any atom is -0.353 e. The van der Waals surface area contributed by atoms with E-state index in [1.54, 1.807) is 0 Å². The van der Waals surface area contributed by atoms with Gasteiger partial charge in [-0.2, -0.15) is 0 Å². The summed E-state index contributed by atoms with van der Waals surface area (Å²) in [5.41, 5.74) is 1.99. The highest BCUT2D eigenvalue weighted by Gasteiger charge is 2.56. The Kier molecular flexibility index (Phi) is 4.65. The van der Waals surface area contributed by atoms with Gasteiger partial charge >= 0.3 is 0 Å². The van der Waals surface area contributed by atoms with E-state index in [1.165, 1.54) is 12.8 Å². The van der Waals surface area contributed by atoms with Gasteiger partial charge < -0.3 is 10.2 Å². The molecular formula is C25H28N2O2. The maximum absolute atomic E-state index is 13.7. The maximum Gasteiger partial charge on any atom is 0.259 e. The summed E-state index contributed by atoms with van der Waals surface area (Å²) < 4.78 is 0. The molecule has 1 unspecified atom stereocenters. The first-order valence-corrected chi connectivity index (χ1v) is 11.0. The summed E-state index contributed by atoms with van der Waals surface area (Å²) in [4.78, 5) is 29.4. The highest BCUT2D eigenvalue weighted by atomic mass is 16.2. The zero-order valence-corrected chi connectivity index (χ0v) is 16.8. The molecule has 2 amide bonds. The van der Waals surface area contributed by atoms with Crippen LogP contribution in [0.3, 0.4) is 0 Å². The Morgan fingerprint density at radius 1 is 0.897 bits per heavy atom. The molecule has 150 valence electrons. The van der Waals surface area contributed by atoms with E-state index >= 15 is 0 Å². The van der Waals surface area contributed by atoms with Crippen LogP contribution in [-0.2, 0) is 4.79 Å². The number of carbonyl (C=O) groups is 2. The lowest BCUT2D eigenvalue weighted by atomic mass is 9.70. The molecule has 29 heavy (non-hydrogen) atoms. The van der Waals surface area contributed by atoms with Crippen LogP contribution in [0.2, 0.25) is 0 Å². The number of hydrogen-bond acceptors (Lipinski definition) is 2. The van der Waals surface area contributed by atoms with E-state index in [1.807, 2.05) is 59.5 Å². The maximum atomic E-state index is 13.7. The van der Waals surface area contributed by atoms with Gasteiger partial charge in [0.15, 0.2) is 0 Å². The molecule has 1 N–H and O–H groups in total. The summed E-state index contributed by atoms with van der Waals surface area (Å²) >= 11 is 0. The van der Waals surface area contributed by atoms with Gasteiger partial charge in [0.25, 0.3) is 5.91 Å². The predicted molar refractivity (Wildman–Crippen MR) is 114 cm³/mol. The van der Waals surface area contributed by atoms with Crippen LogP contribution < -0.4 is 10.2 Å². The Morgan fingerprint density at radius 2 is 1.55 bits per heavy atom. The molecule has 0 bridgehead atoms. The lowest BCUT2D eigenvalue weighted by Gasteiger charge is -2.50. The van der Waals surface area contributed by atoms with Gasteiger partial charge in [-0.25, -0.2) is 0 Å². The second-order valence-electron chi connectivity index (χ2n) is 8.80. The van der Waals surface area contributed by atoms with E-state index in [2.05, 4.69) is 5.32 Å². The van der Waals surface area contributed by atoms with Crippen molar-refractivity contribution in [3.63, 3.8) is 0 Å². The number of nitrogens with one attached hydrogen (secondary N) is 1. The number of fused-ring (bicyclic) bond motifs is 1. The molecule has 0 aromatic heterocycles. The van der Waals surface area contributed by atoms with Crippen LogP contribution in [0.25, 0.3) is 0 Å². The molecule has 2 aromatic carbocycles. The Hall–Kier alpha value is -2.62. The average molecular weight is 389 g/mol. The van der Waals surface area contributed by atoms with Crippen LogP contribution in [0.4, 0.5) is 5.69 Å². The SMILES string of the molecule is O=C(NC1CCCC1)C1c2ccccc2C(=O)N(c2ccccc2)C12CCCC2. The van der Waals surface area contributed by atoms with Gasteiger partial charge in [0.1, 0.15) is 0 Å². The molecule has 1 atom stereocenters. The van der Waals surface area contributed by atoms with E-state index < -0.39 is 5.54 Å². The molecule has 0 radical (unpaired) electrons. The molecule has 1 aliphatic heterocycles. The van der Waals surface area contributed by atoms with E-state index in [0.717, 1.165) is 49.8 Å². The van der Waals surface area contributed by atoms with Crippen LogP contribution in [-0.4, -0.2) is 23.4 Å². The highest BCUT2D eigenvalue weighted by molar-refractivity contribution is 6.12. The fourth-order valence-electron chi connectivity index (χ4n) is 5.88. The van der Waals surface area contributed by atoms with E-state index in [4.69, 9.17) is 0 Å². The van der Waals surface area contributed by atoms with Gasteiger partial charge in [0.05, 0.1) is 11.5 Å². The highest BCUT2D eigenvalue weighted by Crippen LogP contribution is 2.52. The Morgan fingerprint density at radius 3 is 2.28 bits per heavy atom. The van der Waals surface area contributed by atoms with Crippen LogP contribution >= 0.6 is 0 Å². The molecule has 2 fully saturated rings. The number of para-hydroxylation sites is 1. The first kappa shape index (κ1) is 18.4. The molecule has 1 heterocycles. The van der Waals surface area contributed by atoms with E-state index in [0.29, 0.717) is 5.56 Å². The Balaban J connectivity index is 1.65. The van der Waals surface area contributed by atoms with Crippen molar-refractivity contribution >= 4 is 17.5 Å². The second kappa shape index (κ2) is 7.33. The summed E-state index contributed by atoms with van der Waals surface area (Å²) in [6.45, 7) is 0. The topological polar surface area (TPSA) is 49.4 Å². The van der Waals surface area contributed by atoms with Crippen LogP contribution in [0.15, 0.2) is 54.6 Å². The van der Waals surface area contributed by atoms with Crippen molar-refractivity contribution < 1.29 is 9.59 Å². The molecule has 2 aromatic rings. The standard InChI is InChI=1S/C25H28N2O2/c28-23(26-18-10-4-5-11-18)22-20-14-6-7-15-21(20)24(29)27(19-12-2-1-3-13-19)25(22)16-8-9-17-25/h1-3,6-7,12-15,18,22H,4-5,8-11,16-17H2,(H,26,28). The quantitative estimate of drug-likeness (QED) is 0.821. The Bertz CT molecular complexity index is 911. The summed E-state index contributed by atoms with van der Waals surface area (Å²) in [6, 6.07) is 17.9. The Labute approximate surface area is 172 Å². The summed E-state index contributed by atoms with van der Waals surface area (Å²) in [6.07, 6.45) is 8.33. The van der Waals surface area contributed by atoms with Crippen LogP contribution in [0.5, 0.6) is 0 Å². The molecule has 2 aliphatic carbocycles. The monoisotopic (exact) mass is 388 g/mol.